The van der Waals surface area contributed by atoms with Gasteiger partial charge in [-0.1, -0.05) is 0 Å². The number of carbonyl (C=O) groups excluding carboxylic acids is 1. The molecule has 0 atom stereocenters. The summed E-state index contributed by atoms with van der Waals surface area (Å²) in [6, 6.07) is -0.182. The van der Waals surface area contributed by atoms with Gasteiger partial charge in [0, 0.05) is 26.2 Å². The van der Waals surface area contributed by atoms with Gasteiger partial charge in [-0.2, -0.15) is 0 Å². The first-order valence-corrected chi connectivity index (χ1v) is 7.01. The number of aliphatic hydroxyl groups is 4. The summed E-state index contributed by atoms with van der Waals surface area (Å²) >= 11 is 0. The molecule has 0 radical (unpaired) electrons. The summed E-state index contributed by atoms with van der Waals surface area (Å²) in [5.74, 6) is -0.179. The van der Waals surface area contributed by atoms with Gasteiger partial charge in [-0.3, -0.25) is 4.79 Å². The minimum Gasteiger partial charge on any atom is -0.394 e. The highest BCUT2D eigenvalue weighted by molar-refractivity contribution is 5.73. The Morgan fingerprint density at radius 2 is 1.29 bits per heavy atom. The van der Waals surface area contributed by atoms with Crippen LogP contribution in [0.1, 0.15) is 19.8 Å². The Hall–Kier alpha value is -0.770. The van der Waals surface area contributed by atoms with Crippen molar-refractivity contribution in [2.75, 3.05) is 39.6 Å². The molecule has 0 saturated heterocycles. The van der Waals surface area contributed by atoms with Crippen LogP contribution in [0.3, 0.4) is 0 Å². The minimum atomic E-state index is -0.618. The number of aliphatic hydroxyl groups excluding tert-OH is 4. The number of hydrogen-bond donors (Lipinski definition) is 5. The van der Waals surface area contributed by atoms with Crippen molar-refractivity contribution in [2.45, 2.75) is 38.0 Å². The van der Waals surface area contributed by atoms with E-state index >= 15 is 0 Å². The monoisotopic (exact) mass is 309 g/mol. The molecule has 0 aliphatic carbocycles. The second-order valence-electron chi connectivity index (χ2n) is 4.69. The molecule has 0 fully saturated rings. The lowest BCUT2D eigenvalue weighted by Gasteiger charge is -2.21. The van der Waals surface area contributed by atoms with Crippen LogP contribution in [0, 0.1) is 0 Å². The van der Waals surface area contributed by atoms with Crippen molar-refractivity contribution in [3.05, 3.63) is 0 Å². The highest BCUT2D eigenvalue weighted by Gasteiger charge is 2.13. The van der Waals surface area contributed by atoms with Gasteiger partial charge >= 0.3 is 0 Å². The van der Waals surface area contributed by atoms with E-state index in [2.05, 4.69) is 5.32 Å². The van der Waals surface area contributed by atoms with Gasteiger partial charge in [0.2, 0.25) is 5.91 Å². The molecule has 0 unspecified atom stereocenters. The van der Waals surface area contributed by atoms with Crippen molar-refractivity contribution < 1.29 is 34.7 Å². The normalized spacial score (nSPS) is 11.6. The SMILES string of the molecule is CC(=O)NC(CCOC(CO)CO)CCOC(CO)CO. The van der Waals surface area contributed by atoms with Gasteiger partial charge in [-0.05, 0) is 12.8 Å². The van der Waals surface area contributed by atoms with Crippen LogP contribution >= 0.6 is 0 Å². The Bertz CT molecular complexity index is 239. The summed E-state index contributed by atoms with van der Waals surface area (Å²) in [6.07, 6.45) is -0.232. The Kier molecular flexibility index (Phi) is 12.5. The molecule has 0 heterocycles. The number of ether oxygens (including phenoxy) is 2. The highest BCUT2D eigenvalue weighted by atomic mass is 16.5. The zero-order chi connectivity index (χ0) is 16.1. The quantitative estimate of drug-likeness (QED) is 0.266. The zero-order valence-corrected chi connectivity index (χ0v) is 12.4. The maximum absolute atomic E-state index is 11.1. The summed E-state index contributed by atoms with van der Waals surface area (Å²) in [5.41, 5.74) is 0. The Balaban J connectivity index is 4.05. The number of rotatable bonds is 13. The Morgan fingerprint density at radius 3 is 1.57 bits per heavy atom. The van der Waals surface area contributed by atoms with Crippen molar-refractivity contribution in [3.8, 4) is 0 Å². The molecule has 8 nitrogen and oxygen atoms in total. The van der Waals surface area contributed by atoms with Gasteiger partial charge < -0.3 is 35.2 Å². The number of carbonyl (C=O) groups is 1. The number of hydrogen-bond acceptors (Lipinski definition) is 7. The lowest BCUT2D eigenvalue weighted by atomic mass is 10.1. The van der Waals surface area contributed by atoms with Crippen LogP contribution in [-0.2, 0) is 14.3 Å². The van der Waals surface area contributed by atoms with Crippen LogP contribution < -0.4 is 5.32 Å². The van der Waals surface area contributed by atoms with Crippen LogP contribution in [0.25, 0.3) is 0 Å². The van der Waals surface area contributed by atoms with Crippen molar-refractivity contribution >= 4 is 5.91 Å². The van der Waals surface area contributed by atoms with Crippen molar-refractivity contribution in [2.24, 2.45) is 0 Å². The average Bonchev–Trinajstić information content (AvgIpc) is 2.47. The molecule has 0 aliphatic rings. The molecule has 0 rings (SSSR count). The summed E-state index contributed by atoms with van der Waals surface area (Å²) in [4.78, 5) is 11.1. The number of amides is 1. The molecule has 0 bridgehead atoms. The van der Waals surface area contributed by atoms with Gasteiger partial charge in [-0.25, -0.2) is 0 Å². The summed E-state index contributed by atoms with van der Waals surface area (Å²) in [7, 11) is 0. The first-order valence-electron chi connectivity index (χ1n) is 7.01. The number of nitrogens with one attached hydrogen (secondary N) is 1. The Morgan fingerprint density at radius 1 is 0.905 bits per heavy atom. The molecule has 21 heavy (non-hydrogen) atoms. The predicted molar refractivity (Wildman–Crippen MR) is 74.7 cm³/mol. The van der Waals surface area contributed by atoms with Crippen LogP contribution in [-0.4, -0.2) is 84.2 Å². The van der Waals surface area contributed by atoms with Crippen molar-refractivity contribution in [1.82, 2.24) is 5.32 Å². The Labute approximate surface area is 124 Å². The lowest BCUT2D eigenvalue weighted by Crippen LogP contribution is -2.36. The topological polar surface area (TPSA) is 128 Å². The summed E-state index contributed by atoms with van der Waals surface area (Å²) < 4.78 is 10.5. The molecule has 5 N–H and O–H groups in total. The van der Waals surface area contributed by atoms with Gasteiger partial charge in [0.15, 0.2) is 0 Å². The second kappa shape index (κ2) is 12.9. The molecule has 0 aliphatic heterocycles. The fraction of sp³-hybridized carbons (Fsp3) is 0.923. The second-order valence-corrected chi connectivity index (χ2v) is 4.69. The van der Waals surface area contributed by atoms with E-state index in [1.165, 1.54) is 6.92 Å². The molecule has 0 saturated carbocycles. The van der Waals surface area contributed by atoms with Crippen LogP contribution in [0.5, 0.6) is 0 Å². The van der Waals surface area contributed by atoms with Gasteiger partial charge in [0.1, 0.15) is 12.2 Å². The van der Waals surface area contributed by atoms with E-state index in [0.717, 1.165) is 0 Å². The first-order chi connectivity index (χ1) is 10.1. The molecule has 8 heteroatoms. The lowest BCUT2D eigenvalue weighted by molar-refractivity contribution is -0.120. The maximum Gasteiger partial charge on any atom is 0.217 e. The molecular weight excluding hydrogens is 282 g/mol. The van der Waals surface area contributed by atoms with Gasteiger partial charge in [0.25, 0.3) is 0 Å². The summed E-state index contributed by atoms with van der Waals surface area (Å²) in [5, 5.41) is 38.2. The molecule has 0 spiro atoms. The standard InChI is InChI=1S/C13H27NO7/c1-10(19)14-11(2-4-20-12(6-15)7-16)3-5-21-13(8-17)9-18/h11-13,15-18H,2-9H2,1H3,(H,14,19). The molecule has 0 aromatic carbocycles. The predicted octanol–water partition coefficient (Wildman–Crippen LogP) is -1.99. The van der Waals surface area contributed by atoms with Gasteiger partial charge in [-0.15, -0.1) is 0 Å². The van der Waals surface area contributed by atoms with Gasteiger partial charge in [0.05, 0.1) is 26.4 Å². The van der Waals surface area contributed by atoms with Crippen molar-refractivity contribution in [1.29, 1.82) is 0 Å². The van der Waals surface area contributed by atoms with Crippen LogP contribution in [0.2, 0.25) is 0 Å². The van der Waals surface area contributed by atoms with E-state index < -0.39 is 12.2 Å². The molecular formula is C13H27NO7. The fourth-order valence-corrected chi connectivity index (χ4v) is 1.66. The van der Waals surface area contributed by atoms with E-state index in [-0.39, 0.29) is 51.6 Å². The summed E-state index contributed by atoms with van der Waals surface area (Å²) in [6.45, 7) is 0.903. The average molecular weight is 309 g/mol. The molecule has 0 aromatic heterocycles. The first kappa shape index (κ1) is 20.2. The molecule has 1 amide bonds. The van der Waals surface area contributed by atoms with E-state index in [4.69, 9.17) is 29.9 Å². The molecule has 0 aromatic rings. The highest BCUT2D eigenvalue weighted by Crippen LogP contribution is 2.03. The van der Waals surface area contributed by atoms with Crippen LogP contribution in [0.4, 0.5) is 0 Å². The van der Waals surface area contributed by atoms with Crippen molar-refractivity contribution in [3.63, 3.8) is 0 Å². The third-order valence-electron chi connectivity index (χ3n) is 2.86. The van der Waals surface area contributed by atoms with E-state index in [9.17, 15) is 4.79 Å². The largest absolute Gasteiger partial charge is 0.394 e. The fourth-order valence-electron chi connectivity index (χ4n) is 1.66. The minimum absolute atomic E-state index is 0.179. The van der Waals surface area contributed by atoms with E-state index in [1.54, 1.807) is 0 Å². The third kappa shape index (κ3) is 10.6. The smallest absolute Gasteiger partial charge is 0.217 e. The van der Waals surface area contributed by atoms with E-state index in [0.29, 0.717) is 12.8 Å². The zero-order valence-electron chi connectivity index (χ0n) is 12.4. The third-order valence-corrected chi connectivity index (χ3v) is 2.86. The maximum atomic E-state index is 11.1. The van der Waals surface area contributed by atoms with E-state index in [1.807, 2.05) is 0 Å². The van der Waals surface area contributed by atoms with Crippen LogP contribution in [0.15, 0.2) is 0 Å². The molecule has 126 valence electrons.